The van der Waals surface area contributed by atoms with E-state index in [1.54, 1.807) is 0 Å². The van der Waals surface area contributed by atoms with Crippen LogP contribution in [0, 0.1) is 5.82 Å². The summed E-state index contributed by atoms with van der Waals surface area (Å²) in [4.78, 5) is 14.5. The molecule has 4 nitrogen and oxygen atoms in total. The van der Waals surface area contributed by atoms with Gasteiger partial charge in [-0.25, -0.2) is 14.2 Å². The Morgan fingerprint density at radius 1 is 1.50 bits per heavy atom. The quantitative estimate of drug-likeness (QED) is 0.485. The molecule has 0 unspecified atom stereocenters. The summed E-state index contributed by atoms with van der Waals surface area (Å²) in [5, 5.41) is 0.0193. The summed E-state index contributed by atoms with van der Waals surface area (Å²) in [7, 11) is 0.973. The van der Waals surface area contributed by atoms with Crippen LogP contribution in [0.15, 0.2) is 6.07 Å². The van der Waals surface area contributed by atoms with E-state index in [2.05, 4.69) is 30.4 Å². The summed E-state index contributed by atoms with van der Waals surface area (Å²) in [6.45, 7) is 0. The SMILES string of the molecule is COC(=O)c1cc(CBr)nc(OC(F)(F)F)c1F. The highest BCUT2D eigenvalue weighted by molar-refractivity contribution is 9.08. The third-order valence-electron chi connectivity index (χ3n) is 1.73. The first kappa shape index (κ1) is 14.7. The molecular weight excluding hydrogens is 326 g/mol. The Balaban J connectivity index is 3.29. The van der Waals surface area contributed by atoms with E-state index in [4.69, 9.17) is 0 Å². The number of rotatable bonds is 3. The van der Waals surface area contributed by atoms with Gasteiger partial charge < -0.3 is 9.47 Å². The van der Waals surface area contributed by atoms with Gasteiger partial charge in [0.15, 0.2) is 5.82 Å². The molecule has 0 bridgehead atoms. The number of carbonyl (C=O) groups is 1. The van der Waals surface area contributed by atoms with E-state index in [9.17, 15) is 22.4 Å². The van der Waals surface area contributed by atoms with Crippen LogP contribution in [0.2, 0.25) is 0 Å². The van der Waals surface area contributed by atoms with Gasteiger partial charge in [-0.15, -0.1) is 13.2 Å². The van der Waals surface area contributed by atoms with Crippen molar-refractivity contribution in [3.63, 3.8) is 0 Å². The molecule has 0 atom stereocenters. The van der Waals surface area contributed by atoms with Crippen molar-refractivity contribution in [3.05, 3.63) is 23.1 Å². The van der Waals surface area contributed by atoms with Crippen molar-refractivity contribution in [2.45, 2.75) is 11.7 Å². The summed E-state index contributed by atoms with van der Waals surface area (Å²) >= 11 is 2.93. The molecule has 1 heterocycles. The van der Waals surface area contributed by atoms with E-state index < -0.39 is 29.6 Å². The second-order valence-electron chi connectivity index (χ2n) is 2.95. The zero-order chi connectivity index (χ0) is 13.9. The van der Waals surface area contributed by atoms with Gasteiger partial charge in [0.25, 0.3) is 5.88 Å². The number of nitrogens with zero attached hydrogens (tertiary/aromatic N) is 1. The van der Waals surface area contributed by atoms with Crippen molar-refractivity contribution in [2.24, 2.45) is 0 Å². The Hall–Kier alpha value is -1.38. The van der Waals surface area contributed by atoms with Crippen LogP contribution in [0.3, 0.4) is 0 Å². The molecule has 0 aliphatic rings. The minimum atomic E-state index is -5.10. The van der Waals surface area contributed by atoms with Crippen molar-refractivity contribution >= 4 is 21.9 Å². The number of aromatic nitrogens is 1. The third-order valence-corrected chi connectivity index (χ3v) is 2.31. The van der Waals surface area contributed by atoms with Crippen LogP contribution in [-0.4, -0.2) is 24.4 Å². The highest BCUT2D eigenvalue weighted by atomic mass is 79.9. The molecular formula is C9H6BrF4NO3. The molecule has 0 aromatic carbocycles. The first-order valence-electron chi connectivity index (χ1n) is 4.38. The summed E-state index contributed by atoms with van der Waals surface area (Å²) in [6.07, 6.45) is -5.10. The normalized spacial score (nSPS) is 11.2. The van der Waals surface area contributed by atoms with Crippen LogP contribution in [0.25, 0.3) is 0 Å². The molecule has 0 amide bonds. The van der Waals surface area contributed by atoms with Gasteiger partial charge in [-0.05, 0) is 6.07 Å². The lowest BCUT2D eigenvalue weighted by atomic mass is 10.2. The zero-order valence-corrected chi connectivity index (χ0v) is 10.4. The lowest BCUT2D eigenvalue weighted by molar-refractivity contribution is -0.277. The van der Waals surface area contributed by atoms with Gasteiger partial charge in [-0.1, -0.05) is 15.9 Å². The monoisotopic (exact) mass is 331 g/mol. The largest absolute Gasteiger partial charge is 0.574 e. The Morgan fingerprint density at radius 3 is 2.56 bits per heavy atom. The lowest BCUT2D eigenvalue weighted by Crippen LogP contribution is -2.20. The number of esters is 1. The number of methoxy groups -OCH3 is 1. The first-order valence-corrected chi connectivity index (χ1v) is 5.50. The summed E-state index contributed by atoms with van der Waals surface area (Å²) < 4.78 is 57.2. The summed E-state index contributed by atoms with van der Waals surface area (Å²) in [6, 6.07) is 0.971. The van der Waals surface area contributed by atoms with Gasteiger partial charge in [0.2, 0.25) is 0 Å². The molecule has 100 valence electrons. The topological polar surface area (TPSA) is 48.4 Å². The predicted octanol–water partition coefficient (Wildman–Crippen LogP) is 2.80. The number of halogens is 5. The molecule has 0 aliphatic carbocycles. The maximum Gasteiger partial charge on any atom is 0.574 e. The van der Waals surface area contributed by atoms with Crippen molar-refractivity contribution < 1.29 is 31.8 Å². The highest BCUT2D eigenvalue weighted by Gasteiger charge is 2.34. The van der Waals surface area contributed by atoms with E-state index in [1.807, 2.05) is 0 Å². The summed E-state index contributed by atoms with van der Waals surface area (Å²) in [5.74, 6) is -3.96. The summed E-state index contributed by atoms with van der Waals surface area (Å²) in [5.41, 5.74) is -0.683. The maximum absolute atomic E-state index is 13.6. The molecule has 18 heavy (non-hydrogen) atoms. The molecule has 9 heteroatoms. The molecule has 1 rings (SSSR count). The molecule has 0 radical (unpaired) electrons. The molecule has 1 aromatic heterocycles. The van der Waals surface area contributed by atoms with Crippen LogP contribution in [-0.2, 0) is 10.1 Å². The molecule has 0 spiro atoms. The smallest absolute Gasteiger partial charge is 0.465 e. The average Bonchev–Trinajstić information content (AvgIpc) is 2.29. The Bertz CT molecular complexity index is 464. The van der Waals surface area contributed by atoms with Gasteiger partial charge >= 0.3 is 12.3 Å². The van der Waals surface area contributed by atoms with Crippen molar-refractivity contribution in [3.8, 4) is 5.88 Å². The fourth-order valence-electron chi connectivity index (χ4n) is 1.06. The predicted molar refractivity (Wildman–Crippen MR) is 54.8 cm³/mol. The van der Waals surface area contributed by atoms with Crippen LogP contribution >= 0.6 is 15.9 Å². The van der Waals surface area contributed by atoms with Crippen LogP contribution < -0.4 is 4.74 Å². The zero-order valence-electron chi connectivity index (χ0n) is 8.85. The van der Waals surface area contributed by atoms with Gasteiger partial charge in [0.05, 0.1) is 12.8 Å². The van der Waals surface area contributed by atoms with Gasteiger partial charge in [-0.3, -0.25) is 0 Å². The molecule has 0 fully saturated rings. The molecule has 1 aromatic rings. The Kier molecular flexibility index (Phi) is 4.49. The average molecular weight is 332 g/mol. The number of hydrogen-bond donors (Lipinski definition) is 0. The van der Waals surface area contributed by atoms with Crippen LogP contribution in [0.1, 0.15) is 16.1 Å². The fourth-order valence-corrected chi connectivity index (χ4v) is 1.35. The second-order valence-corrected chi connectivity index (χ2v) is 3.51. The van der Waals surface area contributed by atoms with Gasteiger partial charge in [-0.2, -0.15) is 0 Å². The van der Waals surface area contributed by atoms with Crippen molar-refractivity contribution in [2.75, 3.05) is 7.11 Å². The Labute approximate surface area is 107 Å². The fraction of sp³-hybridized carbons (Fsp3) is 0.333. The molecule has 0 aliphatic heterocycles. The molecule has 0 saturated carbocycles. The minimum absolute atomic E-state index is 0.00366. The number of ether oxygens (including phenoxy) is 2. The Morgan fingerprint density at radius 2 is 2.11 bits per heavy atom. The van der Waals surface area contributed by atoms with Crippen molar-refractivity contribution in [1.29, 1.82) is 0 Å². The van der Waals surface area contributed by atoms with E-state index >= 15 is 0 Å². The van der Waals surface area contributed by atoms with E-state index in [-0.39, 0.29) is 11.0 Å². The highest BCUT2D eigenvalue weighted by Crippen LogP contribution is 2.27. The maximum atomic E-state index is 13.6. The first-order chi connectivity index (χ1) is 8.28. The van der Waals surface area contributed by atoms with Gasteiger partial charge in [0, 0.05) is 5.33 Å². The minimum Gasteiger partial charge on any atom is -0.465 e. The number of hydrogen-bond acceptors (Lipinski definition) is 4. The lowest BCUT2D eigenvalue weighted by Gasteiger charge is -2.11. The van der Waals surface area contributed by atoms with E-state index in [1.165, 1.54) is 0 Å². The van der Waals surface area contributed by atoms with Crippen LogP contribution in [0.4, 0.5) is 17.6 Å². The van der Waals surface area contributed by atoms with Crippen molar-refractivity contribution in [1.82, 2.24) is 4.98 Å². The standard InChI is InChI=1S/C9H6BrF4NO3/c1-17-8(16)5-2-4(3-10)15-7(6(5)11)18-9(12,13)14/h2H,3H2,1H3. The number of carbonyl (C=O) groups excluding carboxylic acids is 1. The molecule has 0 saturated heterocycles. The van der Waals surface area contributed by atoms with E-state index in [0.717, 1.165) is 13.2 Å². The third kappa shape index (κ3) is 3.56. The van der Waals surface area contributed by atoms with Gasteiger partial charge in [0.1, 0.15) is 5.56 Å². The van der Waals surface area contributed by atoms with E-state index in [0.29, 0.717) is 0 Å². The second kappa shape index (κ2) is 5.51. The number of alkyl halides is 4. The van der Waals surface area contributed by atoms with Crippen LogP contribution in [0.5, 0.6) is 5.88 Å². The number of pyridine rings is 1. The molecule has 0 N–H and O–H groups in total.